The van der Waals surface area contributed by atoms with Crippen LogP contribution in [-0.4, -0.2) is 22.4 Å². The molecule has 76 valence electrons. The Bertz CT molecular complexity index is 347. The number of rotatable bonds is 0. The van der Waals surface area contributed by atoms with E-state index in [0.29, 0.717) is 0 Å². The highest BCUT2D eigenvalue weighted by molar-refractivity contribution is 14.1. The Hall–Kier alpha value is -0.460. The predicted molar refractivity (Wildman–Crippen MR) is 54.5 cm³/mol. The molecule has 1 atom stereocenters. The van der Waals surface area contributed by atoms with Crippen molar-refractivity contribution < 1.29 is 18.3 Å². The summed E-state index contributed by atoms with van der Waals surface area (Å²) in [5.74, 6) is -3.62. The first-order chi connectivity index (χ1) is 6.50. The van der Waals surface area contributed by atoms with E-state index in [2.05, 4.69) is 27.3 Å². The minimum absolute atomic E-state index is 0.0307. The van der Waals surface area contributed by atoms with Gasteiger partial charge in [-0.1, -0.05) is 34.7 Å². The molecule has 2 aliphatic rings. The van der Waals surface area contributed by atoms with Crippen molar-refractivity contribution in [2.24, 2.45) is 0 Å². The highest BCUT2D eigenvalue weighted by Crippen LogP contribution is 2.39. The van der Waals surface area contributed by atoms with Gasteiger partial charge in [-0.25, -0.2) is 4.79 Å². The van der Waals surface area contributed by atoms with E-state index in [0.717, 1.165) is 0 Å². The third-order valence-electron chi connectivity index (χ3n) is 2.24. The zero-order valence-electron chi connectivity index (χ0n) is 7.10. The van der Waals surface area contributed by atoms with Crippen LogP contribution in [0.2, 0.25) is 0 Å². The Labute approximate surface area is 93.1 Å². The molecule has 0 saturated carbocycles. The molecule has 0 aromatic carbocycles. The molecular formula is C9H7F2IO2. The summed E-state index contributed by atoms with van der Waals surface area (Å²) in [6.07, 6.45) is 3.40. The van der Waals surface area contributed by atoms with Crippen LogP contribution in [0.3, 0.4) is 0 Å². The molecule has 0 aromatic heterocycles. The molecule has 1 heterocycles. The van der Waals surface area contributed by atoms with Crippen molar-refractivity contribution >= 4 is 28.6 Å². The maximum atomic E-state index is 13.3. The molecule has 2 rings (SSSR count). The van der Waals surface area contributed by atoms with E-state index in [-0.39, 0.29) is 21.5 Å². The van der Waals surface area contributed by atoms with Gasteiger partial charge in [-0.3, -0.25) is 0 Å². The summed E-state index contributed by atoms with van der Waals surface area (Å²) < 4.78 is 31.1. The largest absolute Gasteiger partial charge is 0.455 e. The molecule has 2 nitrogen and oxygen atoms in total. The Morgan fingerprint density at radius 3 is 3.00 bits per heavy atom. The highest BCUT2D eigenvalue weighted by Gasteiger charge is 2.44. The average molecular weight is 312 g/mol. The number of allylic oxidation sites excluding steroid dienone is 1. The average Bonchev–Trinajstić information content (AvgIpc) is 2.12. The zero-order valence-corrected chi connectivity index (χ0v) is 9.25. The van der Waals surface area contributed by atoms with Crippen molar-refractivity contribution in [2.45, 2.75) is 16.3 Å². The van der Waals surface area contributed by atoms with Crippen LogP contribution in [0.1, 0.15) is 6.42 Å². The number of alkyl halides is 3. The van der Waals surface area contributed by atoms with Gasteiger partial charge in [-0.05, 0) is 6.42 Å². The molecule has 1 unspecified atom stereocenters. The Morgan fingerprint density at radius 1 is 1.57 bits per heavy atom. The van der Waals surface area contributed by atoms with Gasteiger partial charge < -0.3 is 4.74 Å². The Kier molecular flexibility index (Phi) is 2.36. The predicted octanol–water partition coefficient (Wildman–Crippen LogP) is 2.24. The van der Waals surface area contributed by atoms with Crippen molar-refractivity contribution in [2.75, 3.05) is 6.61 Å². The Balaban J connectivity index is 2.46. The second kappa shape index (κ2) is 3.29. The Morgan fingerprint density at radius 2 is 2.29 bits per heavy atom. The molecule has 0 aromatic rings. The zero-order chi connectivity index (χ0) is 10.3. The summed E-state index contributed by atoms with van der Waals surface area (Å²) in [4.78, 5) is 11.2. The lowest BCUT2D eigenvalue weighted by atomic mass is 9.91. The molecule has 1 aliphatic carbocycles. The number of carbonyl (C=O) groups excluding carboxylic acids is 1. The van der Waals surface area contributed by atoms with Crippen LogP contribution in [-0.2, 0) is 9.53 Å². The van der Waals surface area contributed by atoms with E-state index in [1.807, 2.05) is 0 Å². The molecule has 0 saturated heterocycles. The van der Waals surface area contributed by atoms with Gasteiger partial charge in [-0.15, -0.1) is 0 Å². The van der Waals surface area contributed by atoms with Crippen LogP contribution in [0.25, 0.3) is 0 Å². The lowest BCUT2D eigenvalue weighted by Gasteiger charge is -2.29. The minimum atomic E-state index is -2.99. The van der Waals surface area contributed by atoms with Crippen molar-refractivity contribution in [1.29, 1.82) is 0 Å². The molecule has 0 bridgehead atoms. The van der Waals surface area contributed by atoms with Crippen LogP contribution in [0.5, 0.6) is 0 Å². The number of cyclic esters (lactones) is 1. The van der Waals surface area contributed by atoms with Crippen molar-refractivity contribution in [3.05, 3.63) is 23.3 Å². The molecule has 1 aliphatic heterocycles. The molecule has 5 heteroatoms. The topological polar surface area (TPSA) is 26.3 Å². The minimum Gasteiger partial charge on any atom is -0.455 e. The molecule has 0 amide bonds. The molecule has 0 fully saturated rings. The molecular weight excluding hydrogens is 305 g/mol. The van der Waals surface area contributed by atoms with Gasteiger partial charge in [0.1, 0.15) is 0 Å². The number of hydrogen-bond acceptors (Lipinski definition) is 2. The van der Waals surface area contributed by atoms with Gasteiger partial charge in [0.05, 0.1) is 5.57 Å². The summed E-state index contributed by atoms with van der Waals surface area (Å²) in [7, 11) is 0. The fraction of sp³-hybridized carbons (Fsp3) is 0.444. The maximum Gasteiger partial charge on any atom is 0.338 e. The van der Waals surface area contributed by atoms with Crippen molar-refractivity contribution in [3.63, 3.8) is 0 Å². The standard InChI is InChI=1S/C9H7F2IO2/c10-9(11)4-14-8(13)6-2-1-5(12)3-7(6)9/h1-2,5H,3-4H2. The van der Waals surface area contributed by atoms with Crippen LogP contribution in [0, 0.1) is 0 Å². The van der Waals surface area contributed by atoms with E-state index >= 15 is 0 Å². The van der Waals surface area contributed by atoms with E-state index in [1.165, 1.54) is 6.08 Å². The maximum absolute atomic E-state index is 13.3. The van der Waals surface area contributed by atoms with Gasteiger partial charge in [-0.2, -0.15) is 8.78 Å². The number of esters is 1. The SMILES string of the molecule is O=C1OCC(F)(F)C2=C1C=CC(I)C2. The first-order valence-corrected chi connectivity index (χ1v) is 5.36. The van der Waals surface area contributed by atoms with E-state index in [4.69, 9.17) is 0 Å². The van der Waals surface area contributed by atoms with Gasteiger partial charge in [0.25, 0.3) is 0 Å². The van der Waals surface area contributed by atoms with Gasteiger partial charge in [0.2, 0.25) is 0 Å². The molecule has 14 heavy (non-hydrogen) atoms. The first kappa shape index (κ1) is 10.1. The second-order valence-corrected chi connectivity index (χ2v) is 4.85. The highest BCUT2D eigenvalue weighted by atomic mass is 127. The molecule has 0 radical (unpaired) electrons. The summed E-state index contributed by atoms with van der Waals surface area (Å²) in [5.41, 5.74) is -0.0372. The van der Waals surface area contributed by atoms with Crippen LogP contribution in [0.4, 0.5) is 8.78 Å². The summed E-state index contributed by atoms with van der Waals surface area (Å²) in [5, 5.41) is 0. The number of ether oxygens (including phenoxy) is 1. The third kappa shape index (κ3) is 1.57. The van der Waals surface area contributed by atoms with Crippen molar-refractivity contribution in [3.8, 4) is 0 Å². The third-order valence-corrected chi connectivity index (χ3v) is 3.10. The van der Waals surface area contributed by atoms with E-state index in [9.17, 15) is 13.6 Å². The smallest absolute Gasteiger partial charge is 0.338 e. The number of carbonyl (C=O) groups is 1. The lowest BCUT2D eigenvalue weighted by Crippen LogP contribution is -2.37. The lowest BCUT2D eigenvalue weighted by molar-refractivity contribution is -0.151. The van der Waals surface area contributed by atoms with Gasteiger partial charge in [0, 0.05) is 9.50 Å². The quantitative estimate of drug-likeness (QED) is 0.390. The van der Waals surface area contributed by atoms with Crippen LogP contribution in [0.15, 0.2) is 23.3 Å². The van der Waals surface area contributed by atoms with Gasteiger partial charge >= 0.3 is 11.9 Å². The summed E-state index contributed by atoms with van der Waals surface area (Å²) in [6.45, 7) is -0.818. The summed E-state index contributed by atoms with van der Waals surface area (Å²) >= 11 is 2.06. The van der Waals surface area contributed by atoms with Crippen LogP contribution < -0.4 is 0 Å². The fourth-order valence-electron chi connectivity index (χ4n) is 1.53. The van der Waals surface area contributed by atoms with Crippen LogP contribution >= 0.6 is 22.6 Å². The number of halogens is 3. The van der Waals surface area contributed by atoms with Crippen molar-refractivity contribution in [1.82, 2.24) is 0 Å². The van der Waals surface area contributed by atoms with E-state index < -0.39 is 18.5 Å². The normalized spacial score (nSPS) is 29.9. The first-order valence-electron chi connectivity index (χ1n) is 4.11. The van der Waals surface area contributed by atoms with E-state index in [1.54, 1.807) is 6.08 Å². The summed E-state index contributed by atoms with van der Waals surface area (Å²) in [6, 6.07) is 0. The molecule has 0 N–H and O–H groups in total. The monoisotopic (exact) mass is 312 g/mol. The fourth-order valence-corrected chi connectivity index (χ4v) is 2.18. The number of hydrogen-bond donors (Lipinski definition) is 0. The van der Waals surface area contributed by atoms with Gasteiger partial charge in [0.15, 0.2) is 6.61 Å². The molecule has 0 spiro atoms. The second-order valence-electron chi connectivity index (χ2n) is 3.25.